The van der Waals surface area contributed by atoms with Crippen molar-refractivity contribution in [2.24, 2.45) is 17.3 Å². The van der Waals surface area contributed by atoms with Crippen LogP contribution < -0.4 is 4.74 Å². The van der Waals surface area contributed by atoms with Crippen molar-refractivity contribution < 1.29 is 14.3 Å². The molecular formula is C19H26O3. The first-order valence-corrected chi connectivity index (χ1v) is 7.89. The van der Waals surface area contributed by atoms with Crippen LogP contribution in [0.5, 0.6) is 5.75 Å². The third-order valence-corrected chi connectivity index (χ3v) is 4.27. The number of hydrogen-bond donors (Lipinski definition) is 0. The summed E-state index contributed by atoms with van der Waals surface area (Å²) in [5.74, 6) is 0.969. The maximum Gasteiger partial charge on any atom is 0.310 e. The van der Waals surface area contributed by atoms with Gasteiger partial charge in [-0.15, -0.1) is 0 Å². The number of carbonyl (C=O) groups is 1. The molecule has 1 aliphatic rings. The van der Waals surface area contributed by atoms with Gasteiger partial charge in [-0.25, -0.2) is 0 Å². The van der Waals surface area contributed by atoms with Gasteiger partial charge in [-0.05, 0) is 49.8 Å². The van der Waals surface area contributed by atoms with Gasteiger partial charge in [0.05, 0.1) is 12.5 Å². The molecule has 1 saturated carbocycles. The lowest BCUT2D eigenvalue weighted by atomic mass is 10.1. The maximum absolute atomic E-state index is 12.3. The average molecular weight is 302 g/mol. The summed E-state index contributed by atoms with van der Waals surface area (Å²) in [7, 11) is 0. The zero-order chi connectivity index (χ0) is 16.3. The molecule has 1 aliphatic carbocycles. The Morgan fingerprint density at radius 3 is 2.68 bits per heavy atom. The summed E-state index contributed by atoms with van der Waals surface area (Å²) in [5, 5.41) is 0. The molecule has 0 heterocycles. The van der Waals surface area contributed by atoms with E-state index >= 15 is 0 Å². The van der Waals surface area contributed by atoms with Crippen molar-refractivity contribution in [3.8, 4) is 5.75 Å². The molecule has 0 unspecified atom stereocenters. The van der Waals surface area contributed by atoms with Gasteiger partial charge in [0.1, 0.15) is 12.4 Å². The van der Waals surface area contributed by atoms with E-state index in [1.54, 1.807) is 0 Å². The second-order valence-corrected chi connectivity index (χ2v) is 6.76. The zero-order valence-electron chi connectivity index (χ0n) is 14.2. The van der Waals surface area contributed by atoms with Gasteiger partial charge in [0, 0.05) is 0 Å². The summed E-state index contributed by atoms with van der Waals surface area (Å²) in [6.07, 6.45) is 2.18. The van der Waals surface area contributed by atoms with Crippen LogP contribution in [0.2, 0.25) is 0 Å². The Hall–Kier alpha value is -1.77. The van der Waals surface area contributed by atoms with Crippen molar-refractivity contribution in [2.45, 2.75) is 41.2 Å². The van der Waals surface area contributed by atoms with Crippen LogP contribution in [0, 0.1) is 17.3 Å². The summed E-state index contributed by atoms with van der Waals surface area (Å²) in [4.78, 5) is 12.3. The van der Waals surface area contributed by atoms with Crippen LogP contribution in [0.15, 0.2) is 35.9 Å². The fraction of sp³-hybridized carbons (Fsp3) is 0.526. The molecular weight excluding hydrogens is 276 g/mol. The molecule has 3 heteroatoms. The third kappa shape index (κ3) is 3.70. The molecule has 1 fully saturated rings. The molecule has 120 valence electrons. The molecule has 0 aromatic heterocycles. The number of ether oxygens (including phenoxy) is 2. The SMILES string of the molecule is CCOc1cccc(COC(=O)[C@@H]2[C@@H](C=C(C)C)C2(C)C)c1. The van der Waals surface area contributed by atoms with Crippen LogP contribution >= 0.6 is 0 Å². The van der Waals surface area contributed by atoms with Crippen LogP contribution in [0.4, 0.5) is 0 Å². The molecule has 1 aromatic rings. The van der Waals surface area contributed by atoms with E-state index in [1.165, 1.54) is 5.57 Å². The Balaban J connectivity index is 1.94. The summed E-state index contributed by atoms with van der Waals surface area (Å²) in [5.41, 5.74) is 2.20. The minimum absolute atomic E-state index is 0.00151. The van der Waals surface area contributed by atoms with Gasteiger partial charge in [0.25, 0.3) is 0 Å². The van der Waals surface area contributed by atoms with Crippen LogP contribution in [0.1, 0.15) is 40.2 Å². The summed E-state index contributed by atoms with van der Waals surface area (Å²) < 4.78 is 11.0. The third-order valence-electron chi connectivity index (χ3n) is 4.27. The standard InChI is InChI=1S/C19H26O3/c1-6-21-15-9-7-8-14(11-15)12-22-18(20)17-16(10-13(2)3)19(17,4)5/h7-11,16-17H,6,12H2,1-5H3/t16-,17+/m1/s1. The topological polar surface area (TPSA) is 35.5 Å². The van der Waals surface area contributed by atoms with E-state index < -0.39 is 0 Å². The molecule has 0 radical (unpaired) electrons. The fourth-order valence-electron chi connectivity index (χ4n) is 2.93. The van der Waals surface area contributed by atoms with Crippen molar-refractivity contribution in [3.05, 3.63) is 41.5 Å². The predicted octanol–water partition coefficient (Wildman–Crippen LogP) is 4.37. The minimum Gasteiger partial charge on any atom is -0.494 e. The molecule has 0 aliphatic heterocycles. The Morgan fingerprint density at radius 1 is 1.32 bits per heavy atom. The largest absolute Gasteiger partial charge is 0.494 e. The van der Waals surface area contributed by atoms with Gasteiger partial charge in [-0.2, -0.15) is 0 Å². The van der Waals surface area contributed by atoms with Crippen molar-refractivity contribution in [3.63, 3.8) is 0 Å². The van der Waals surface area contributed by atoms with Gasteiger partial charge in [0.2, 0.25) is 0 Å². The molecule has 0 saturated heterocycles. The molecule has 22 heavy (non-hydrogen) atoms. The van der Waals surface area contributed by atoms with Gasteiger partial charge < -0.3 is 9.47 Å². The lowest BCUT2D eigenvalue weighted by molar-refractivity contribution is -0.147. The second-order valence-electron chi connectivity index (χ2n) is 6.76. The highest BCUT2D eigenvalue weighted by molar-refractivity contribution is 5.78. The monoisotopic (exact) mass is 302 g/mol. The van der Waals surface area contributed by atoms with E-state index in [-0.39, 0.29) is 17.3 Å². The van der Waals surface area contributed by atoms with Crippen LogP contribution in [0.25, 0.3) is 0 Å². The summed E-state index contributed by atoms with van der Waals surface area (Å²) in [6.45, 7) is 11.3. The van der Waals surface area contributed by atoms with E-state index in [9.17, 15) is 4.79 Å². The Bertz CT molecular complexity index is 568. The number of rotatable bonds is 6. The van der Waals surface area contributed by atoms with Crippen LogP contribution in [-0.2, 0) is 16.1 Å². The van der Waals surface area contributed by atoms with Gasteiger partial charge in [-0.1, -0.05) is 37.6 Å². The number of carbonyl (C=O) groups excluding carboxylic acids is 1. The Labute approximate surface area is 133 Å². The van der Waals surface area contributed by atoms with E-state index in [1.807, 2.05) is 31.2 Å². The average Bonchev–Trinajstić information content (AvgIpc) is 2.97. The first-order valence-electron chi connectivity index (χ1n) is 7.89. The molecule has 0 N–H and O–H groups in total. The van der Waals surface area contributed by atoms with Gasteiger partial charge in [-0.3, -0.25) is 4.79 Å². The first kappa shape index (κ1) is 16.6. The molecule has 3 nitrogen and oxygen atoms in total. The highest BCUT2D eigenvalue weighted by Crippen LogP contribution is 2.59. The zero-order valence-corrected chi connectivity index (χ0v) is 14.2. The van der Waals surface area contributed by atoms with E-state index in [4.69, 9.17) is 9.47 Å². The first-order chi connectivity index (χ1) is 10.4. The van der Waals surface area contributed by atoms with E-state index in [2.05, 4.69) is 33.8 Å². The highest BCUT2D eigenvalue weighted by atomic mass is 16.5. The van der Waals surface area contributed by atoms with Crippen LogP contribution in [0.3, 0.4) is 0 Å². The van der Waals surface area contributed by atoms with Crippen molar-refractivity contribution in [1.82, 2.24) is 0 Å². The summed E-state index contributed by atoms with van der Waals surface area (Å²) in [6, 6.07) is 7.69. The number of esters is 1. The van der Waals surface area contributed by atoms with Gasteiger partial charge >= 0.3 is 5.97 Å². The second kappa shape index (κ2) is 6.55. The predicted molar refractivity (Wildman–Crippen MR) is 87.6 cm³/mol. The van der Waals surface area contributed by atoms with Crippen molar-refractivity contribution >= 4 is 5.97 Å². The molecule has 2 atom stereocenters. The number of hydrogen-bond acceptors (Lipinski definition) is 3. The minimum atomic E-state index is -0.102. The van der Waals surface area contributed by atoms with Crippen molar-refractivity contribution in [1.29, 1.82) is 0 Å². The molecule has 0 amide bonds. The molecule has 1 aromatic carbocycles. The lowest BCUT2D eigenvalue weighted by Crippen LogP contribution is -2.10. The molecule has 0 bridgehead atoms. The molecule has 2 rings (SSSR count). The maximum atomic E-state index is 12.3. The van der Waals surface area contributed by atoms with Crippen molar-refractivity contribution in [2.75, 3.05) is 6.61 Å². The highest BCUT2D eigenvalue weighted by Gasteiger charge is 2.61. The smallest absolute Gasteiger partial charge is 0.310 e. The Morgan fingerprint density at radius 2 is 2.05 bits per heavy atom. The Kier molecular flexibility index (Phi) is 4.94. The lowest BCUT2D eigenvalue weighted by Gasteiger charge is -2.08. The van der Waals surface area contributed by atoms with Crippen LogP contribution in [-0.4, -0.2) is 12.6 Å². The van der Waals surface area contributed by atoms with E-state index in [0.717, 1.165) is 11.3 Å². The number of benzene rings is 1. The number of allylic oxidation sites excluding steroid dienone is 2. The summed E-state index contributed by atoms with van der Waals surface area (Å²) >= 11 is 0. The van der Waals surface area contributed by atoms with Gasteiger partial charge in [0.15, 0.2) is 0 Å². The quantitative estimate of drug-likeness (QED) is 0.578. The fourth-order valence-corrected chi connectivity index (χ4v) is 2.93. The normalized spacial score (nSPS) is 21.9. The molecule has 0 spiro atoms. The van der Waals surface area contributed by atoms with E-state index in [0.29, 0.717) is 19.1 Å².